The number of nitrogens with zero attached hydrogens (tertiary/aromatic N) is 1. The van der Waals surface area contributed by atoms with Crippen molar-refractivity contribution >= 4 is 34.3 Å². The molecule has 1 amide bonds. The van der Waals surface area contributed by atoms with Crippen molar-refractivity contribution in [2.45, 2.75) is 20.3 Å². The topological polar surface area (TPSA) is 55.1 Å². The lowest BCUT2D eigenvalue weighted by Gasteiger charge is -2.06. The molecule has 2 aromatic carbocycles. The fourth-order valence-corrected chi connectivity index (χ4v) is 2.36. The summed E-state index contributed by atoms with van der Waals surface area (Å²) in [6, 6.07) is 11.1. The maximum absolute atomic E-state index is 11.5. The summed E-state index contributed by atoms with van der Waals surface area (Å²) in [7, 11) is 0. The quantitative estimate of drug-likeness (QED) is 0.755. The first-order valence-electron chi connectivity index (χ1n) is 7.04. The second-order valence-electron chi connectivity index (χ2n) is 5.09. The Bertz CT molecular complexity index is 855. The molecule has 3 rings (SSSR count). The number of carbonyl (C=O) groups excluding carboxylic acids is 1. The van der Waals surface area contributed by atoms with Crippen molar-refractivity contribution in [3.63, 3.8) is 0 Å². The van der Waals surface area contributed by atoms with Crippen LogP contribution in [0.15, 0.2) is 40.8 Å². The lowest BCUT2D eigenvalue weighted by molar-refractivity contribution is -0.115. The first-order chi connectivity index (χ1) is 10.6. The monoisotopic (exact) mass is 314 g/mol. The van der Waals surface area contributed by atoms with Crippen LogP contribution in [0.3, 0.4) is 0 Å². The summed E-state index contributed by atoms with van der Waals surface area (Å²) in [5.74, 6) is 0.389. The van der Waals surface area contributed by atoms with Gasteiger partial charge in [0, 0.05) is 12.1 Å². The number of hydrogen-bond acceptors (Lipinski definition) is 3. The number of benzene rings is 2. The molecule has 0 bridgehead atoms. The highest BCUT2D eigenvalue weighted by molar-refractivity contribution is 6.33. The van der Waals surface area contributed by atoms with E-state index in [0.717, 1.165) is 11.1 Å². The van der Waals surface area contributed by atoms with Gasteiger partial charge < -0.3 is 9.73 Å². The fourth-order valence-electron chi connectivity index (χ4n) is 2.16. The van der Waals surface area contributed by atoms with Crippen molar-refractivity contribution in [1.29, 1.82) is 0 Å². The first kappa shape index (κ1) is 14.6. The molecule has 0 atom stereocenters. The summed E-state index contributed by atoms with van der Waals surface area (Å²) < 4.78 is 5.79. The molecule has 0 saturated heterocycles. The van der Waals surface area contributed by atoms with Gasteiger partial charge in [0.2, 0.25) is 11.8 Å². The van der Waals surface area contributed by atoms with Gasteiger partial charge in [-0.2, -0.15) is 0 Å². The van der Waals surface area contributed by atoms with Crippen LogP contribution in [0, 0.1) is 6.92 Å². The lowest BCUT2D eigenvalue weighted by Crippen LogP contribution is -2.09. The molecule has 1 heterocycles. The van der Waals surface area contributed by atoms with Gasteiger partial charge in [0.1, 0.15) is 5.52 Å². The Balaban J connectivity index is 2.04. The third-order valence-electron chi connectivity index (χ3n) is 3.35. The van der Waals surface area contributed by atoms with Crippen LogP contribution in [-0.2, 0) is 4.79 Å². The van der Waals surface area contributed by atoms with E-state index in [-0.39, 0.29) is 5.91 Å². The fraction of sp³-hybridized carbons (Fsp3) is 0.176. The van der Waals surface area contributed by atoms with E-state index in [4.69, 9.17) is 16.0 Å². The Kier molecular flexibility index (Phi) is 3.86. The number of aromatic nitrogens is 1. The minimum atomic E-state index is -0.0542. The summed E-state index contributed by atoms with van der Waals surface area (Å²) in [5, 5.41) is 3.33. The normalized spacial score (nSPS) is 10.9. The van der Waals surface area contributed by atoms with Crippen LogP contribution in [-0.4, -0.2) is 10.9 Å². The predicted molar refractivity (Wildman–Crippen MR) is 88.1 cm³/mol. The molecule has 5 heteroatoms. The highest BCUT2D eigenvalue weighted by Crippen LogP contribution is 2.32. The van der Waals surface area contributed by atoms with E-state index in [9.17, 15) is 4.79 Å². The number of carbonyl (C=O) groups is 1. The summed E-state index contributed by atoms with van der Waals surface area (Å²) >= 11 is 6.25. The van der Waals surface area contributed by atoms with E-state index < -0.39 is 0 Å². The van der Waals surface area contributed by atoms with Crippen LogP contribution >= 0.6 is 11.6 Å². The smallest absolute Gasteiger partial charge is 0.228 e. The minimum Gasteiger partial charge on any atom is -0.436 e. The van der Waals surface area contributed by atoms with Crippen molar-refractivity contribution in [1.82, 2.24) is 4.98 Å². The molecule has 0 spiro atoms. The predicted octanol–water partition coefficient (Wildman–Crippen LogP) is 4.81. The molecule has 3 aromatic rings. The molecular weight excluding hydrogens is 300 g/mol. The number of halogens is 1. The number of oxazole rings is 1. The van der Waals surface area contributed by atoms with Gasteiger partial charge in [-0.3, -0.25) is 4.79 Å². The minimum absolute atomic E-state index is 0.0542. The molecular formula is C17H15ClN2O2. The average Bonchev–Trinajstić information content (AvgIpc) is 2.91. The molecule has 0 radical (unpaired) electrons. The highest BCUT2D eigenvalue weighted by Gasteiger charge is 2.13. The van der Waals surface area contributed by atoms with Crippen LogP contribution in [0.4, 0.5) is 5.69 Å². The molecule has 0 aliphatic carbocycles. The molecule has 112 valence electrons. The van der Waals surface area contributed by atoms with Crippen LogP contribution in [0.25, 0.3) is 22.6 Å². The molecule has 0 aliphatic heterocycles. The van der Waals surface area contributed by atoms with Crippen molar-refractivity contribution in [3.8, 4) is 11.5 Å². The zero-order valence-corrected chi connectivity index (χ0v) is 13.1. The first-order valence-corrected chi connectivity index (χ1v) is 7.41. The van der Waals surface area contributed by atoms with E-state index in [1.807, 2.05) is 25.1 Å². The zero-order valence-electron chi connectivity index (χ0n) is 12.3. The van der Waals surface area contributed by atoms with E-state index in [2.05, 4.69) is 10.3 Å². The SMILES string of the molecule is CCC(=O)Nc1ccc(Cl)c(-c2nc3ccc(C)cc3o2)c1. The van der Waals surface area contributed by atoms with Crippen LogP contribution in [0.1, 0.15) is 18.9 Å². The Labute approximate surface area is 133 Å². The van der Waals surface area contributed by atoms with Gasteiger partial charge in [0.15, 0.2) is 5.58 Å². The summed E-state index contributed by atoms with van der Waals surface area (Å²) in [6.45, 7) is 3.80. The molecule has 0 unspecified atom stereocenters. The Morgan fingerprint density at radius 1 is 1.27 bits per heavy atom. The van der Waals surface area contributed by atoms with Crippen molar-refractivity contribution in [3.05, 3.63) is 47.0 Å². The molecule has 1 aromatic heterocycles. The van der Waals surface area contributed by atoms with Gasteiger partial charge in [0.25, 0.3) is 0 Å². The number of nitrogens with one attached hydrogen (secondary N) is 1. The number of anilines is 1. The number of amides is 1. The molecule has 22 heavy (non-hydrogen) atoms. The van der Waals surface area contributed by atoms with E-state index in [1.165, 1.54) is 0 Å². The highest BCUT2D eigenvalue weighted by atomic mass is 35.5. The number of rotatable bonds is 3. The van der Waals surface area contributed by atoms with Gasteiger partial charge in [-0.15, -0.1) is 0 Å². The Morgan fingerprint density at radius 3 is 2.86 bits per heavy atom. The van der Waals surface area contributed by atoms with Gasteiger partial charge >= 0.3 is 0 Å². The average molecular weight is 315 g/mol. The maximum atomic E-state index is 11.5. The molecule has 0 saturated carbocycles. The van der Waals surface area contributed by atoms with Crippen LogP contribution in [0.5, 0.6) is 0 Å². The third kappa shape index (κ3) is 2.83. The molecule has 0 aliphatic rings. The second kappa shape index (κ2) is 5.81. The van der Waals surface area contributed by atoms with Gasteiger partial charge in [-0.05, 0) is 42.8 Å². The largest absolute Gasteiger partial charge is 0.436 e. The Morgan fingerprint density at radius 2 is 2.09 bits per heavy atom. The lowest BCUT2D eigenvalue weighted by atomic mass is 10.2. The standard InChI is InChI=1S/C17H15ClN2O2/c1-3-16(21)19-11-5-6-13(18)12(9-11)17-20-14-7-4-10(2)8-15(14)22-17/h4-9H,3H2,1-2H3,(H,19,21). The second-order valence-corrected chi connectivity index (χ2v) is 5.49. The molecule has 4 nitrogen and oxygen atoms in total. The maximum Gasteiger partial charge on any atom is 0.228 e. The van der Waals surface area contributed by atoms with Crippen molar-refractivity contribution < 1.29 is 9.21 Å². The summed E-state index contributed by atoms with van der Waals surface area (Å²) in [6.07, 6.45) is 0.417. The van der Waals surface area contributed by atoms with Gasteiger partial charge in [-0.1, -0.05) is 24.6 Å². The molecule has 0 fully saturated rings. The molecule has 1 N–H and O–H groups in total. The van der Waals surface area contributed by atoms with Gasteiger partial charge in [-0.25, -0.2) is 4.98 Å². The van der Waals surface area contributed by atoms with Crippen molar-refractivity contribution in [2.24, 2.45) is 0 Å². The van der Waals surface area contributed by atoms with Gasteiger partial charge in [0.05, 0.1) is 10.6 Å². The van der Waals surface area contributed by atoms with Crippen molar-refractivity contribution in [2.75, 3.05) is 5.32 Å². The third-order valence-corrected chi connectivity index (χ3v) is 3.68. The Hall–Kier alpha value is -2.33. The summed E-state index contributed by atoms with van der Waals surface area (Å²) in [5.41, 5.74) is 3.92. The van der Waals surface area contributed by atoms with Crippen LogP contribution in [0.2, 0.25) is 5.02 Å². The summed E-state index contributed by atoms with van der Waals surface area (Å²) in [4.78, 5) is 16.0. The van der Waals surface area contributed by atoms with E-state index >= 15 is 0 Å². The zero-order chi connectivity index (χ0) is 15.7. The number of aryl methyl sites for hydroxylation is 1. The number of hydrogen-bond donors (Lipinski definition) is 1. The van der Waals surface area contributed by atoms with E-state index in [0.29, 0.717) is 34.2 Å². The van der Waals surface area contributed by atoms with Crippen LogP contribution < -0.4 is 5.32 Å². The number of fused-ring (bicyclic) bond motifs is 1. The van der Waals surface area contributed by atoms with E-state index in [1.54, 1.807) is 25.1 Å².